The van der Waals surface area contributed by atoms with Gasteiger partial charge in [0.2, 0.25) is 7.28 Å². The summed E-state index contributed by atoms with van der Waals surface area (Å²) in [5.41, 5.74) is 0. The standard InChI is InChI=1S/C4H6B/c1-3-4-5-2/h1-2H3. The zero-order valence-corrected chi connectivity index (χ0v) is 3.58. The highest BCUT2D eigenvalue weighted by Crippen LogP contribution is 1.46. The molecule has 0 aromatic heterocycles. The van der Waals surface area contributed by atoms with Gasteiger partial charge in [-0.3, -0.25) is 0 Å². The van der Waals surface area contributed by atoms with E-state index < -0.39 is 0 Å². The second-order valence-corrected chi connectivity index (χ2v) is 0.683. The first-order valence-corrected chi connectivity index (χ1v) is 1.62. The van der Waals surface area contributed by atoms with Crippen LogP contribution in [0.25, 0.3) is 0 Å². The molecular weight excluding hydrogens is 58.9 g/mol. The Hall–Kier alpha value is -0.375. The van der Waals surface area contributed by atoms with Crippen molar-refractivity contribution < 1.29 is 0 Å². The van der Waals surface area contributed by atoms with Crippen LogP contribution in [0.1, 0.15) is 6.92 Å². The lowest BCUT2D eigenvalue weighted by molar-refractivity contribution is 1.93. The first kappa shape index (κ1) is 4.62. The highest BCUT2D eigenvalue weighted by atomic mass is 13.3. The number of rotatable bonds is 0. The van der Waals surface area contributed by atoms with Gasteiger partial charge in [0, 0.05) is 0 Å². The molecule has 1 radical (unpaired) electrons. The Morgan fingerprint density at radius 1 is 1.60 bits per heavy atom. The minimum absolute atomic E-state index is 1.82. The normalized spacial score (nSPS) is 4.40. The van der Waals surface area contributed by atoms with Crippen LogP contribution < -0.4 is 0 Å². The van der Waals surface area contributed by atoms with E-state index in [1.807, 2.05) is 21.0 Å². The van der Waals surface area contributed by atoms with Gasteiger partial charge in [-0.1, -0.05) is 6.82 Å². The summed E-state index contributed by atoms with van der Waals surface area (Å²) in [6.07, 6.45) is 0. The largest absolute Gasteiger partial charge is 0.212 e. The van der Waals surface area contributed by atoms with Crippen LogP contribution in [0.2, 0.25) is 6.82 Å². The third kappa shape index (κ3) is 3.62. The monoisotopic (exact) mass is 65.1 g/mol. The highest BCUT2D eigenvalue weighted by molar-refractivity contribution is 6.44. The van der Waals surface area contributed by atoms with Gasteiger partial charge in [0.15, 0.2) is 0 Å². The Labute approximate surface area is 33.8 Å². The van der Waals surface area contributed by atoms with E-state index in [2.05, 4.69) is 11.7 Å². The average Bonchev–Trinajstić information content (AvgIpc) is 1.41. The molecule has 0 N–H and O–H groups in total. The summed E-state index contributed by atoms with van der Waals surface area (Å²) in [6.45, 7) is 3.73. The third-order valence-corrected chi connectivity index (χ3v) is 0.289. The predicted octanol–water partition coefficient (Wildman–Crippen LogP) is 0.720. The summed E-state index contributed by atoms with van der Waals surface area (Å²) < 4.78 is 0. The molecule has 0 aliphatic heterocycles. The van der Waals surface area contributed by atoms with Crippen molar-refractivity contribution in [3.63, 3.8) is 0 Å². The molecule has 0 nitrogen and oxygen atoms in total. The van der Waals surface area contributed by atoms with Crippen molar-refractivity contribution in [3.05, 3.63) is 0 Å². The van der Waals surface area contributed by atoms with Gasteiger partial charge in [0.1, 0.15) is 0 Å². The van der Waals surface area contributed by atoms with Gasteiger partial charge in [-0.25, -0.2) is 0 Å². The molecule has 0 aliphatic rings. The first-order chi connectivity index (χ1) is 2.41. The lowest BCUT2D eigenvalue weighted by Gasteiger charge is -1.54. The van der Waals surface area contributed by atoms with Gasteiger partial charge < -0.3 is 0 Å². The van der Waals surface area contributed by atoms with E-state index in [0.717, 1.165) is 0 Å². The van der Waals surface area contributed by atoms with Crippen molar-refractivity contribution in [2.24, 2.45) is 0 Å². The summed E-state index contributed by atoms with van der Waals surface area (Å²) in [7, 11) is 1.82. The maximum Gasteiger partial charge on any atom is 0.212 e. The lowest BCUT2D eigenvalue weighted by Crippen LogP contribution is -1.65. The quantitative estimate of drug-likeness (QED) is 0.288. The summed E-state index contributed by atoms with van der Waals surface area (Å²) in [6, 6.07) is 0. The van der Waals surface area contributed by atoms with Crippen LogP contribution in [0, 0.1) is 11.7 Å². The van der Waals surface area contributed by atoms with Crippen LogP contribution in [0.3, 0.4) is 0 Å². The first-order valence-electron chi connectivity index (χ1n) is 1.62. The van der Waals surface area contributed by atoms with Gasteiger partial charge >= 0.3 is 0 Å². The van der Waals surface area contributed by atoms with Crippen LogP contribution in [-0.2, 0) is 0 Å². The molecule has 1 heteroatoms. The molecule has 0 saturated heterocycles. The fourth-order valence-corrected chi connectivity index (χ4v) is 0.144. The fourth-order valence-electron chi connectivity index (χ4n) is 0.144. The second kappa shape index (κ2) is 3.62. The van der Waals surface area contributed by atoms with E-state index in [-0.39, 0.29) is 0 Å². The molecule has 0 saturated carbocycles. The molecule has 0 bridgehead atoms. The summed E-state index contributed by atoms with van der Waals surface area (Å²) >= 11 is 0. The third-order valence-electron chi connectivity index (χ3n) is 0.289. The van der Waals surface area contributed by atoms with Crippen LogP contribution in [0.5, 0.6) is 0 Å². The molecule has 0 aromatic carbocycles. The zero-order valence-electron chi connectivity index (χ0n) is 3.58. The Kier molecular flexibility index (Phi) is 3.35. The maximum absolute atomic E-state index is 2.74. The maximum atomic E-state index is 2.74. The smallest absolute Gasteiger partial charge is 0.164 e. The van der Waals surface area contributed by atoms with Crippen LogP contribution in [-0.4, -0.2) is 7.28 Å². The summed E-state index contributed by atoms with van der Waals surface area (Å²) in [4.78, 5) is 0. The van der Waals surface area contributed by atoms with E-state index in [1.165, 1.54) is 0 Å². The number of hydrogen-bond donors (Lipinski definition) is 0. The molecule has 0 spiro atoms. The van der Waals surface area contributed by atoms with E-state index in [4.69, 9.17) is 0 Å². The molecule has 0 unspecified atom stereocenters. The van der Waals surface area contributed by atoms with Gasteiger partial charge in [0.25, 0.3) is 0 Å². The SMILES string of the molecule is C[B]C#CC. The average molecular weight is 64.9 g/mol. The van der Waals surface area contributed by atoms with Crippen LogP contribution in [0.4, 0.5) is 0 Å². The Morgan fingerprint density at radius 3 is 2.20 bits per heavy atom. The second-order valence-electron chi connectivity index (χ2n) is 0.683. The molecule has 25 valence electrons. The Balaban J connectivity index is 2.81. The minimum atomic E-state index is 1.82. The van der Waals surface area contributed by atoms with Crippen LogP contribution >= 0.6 is 0 Å². The van der Waals surface area contributed by atoms with Gasteiger partial charge in [-0.05, 0) is 6.92 Å². The van der Waals surface area contributed by atoms with Crippen molar-refractivity contribution in [3.8, 4) is 11.7 Å². The lowest BCUT2D eigenvalue weighted by atomic mass is 9.84. The topological polar surface area (TPSA) is 0 Å². The Bertz CT molecular complexity index is 55.8. The van der Waals surface area contributed by atoms with Crippen molar-refractivity contribution in [1.29, 1.82) is 0 Å². The van der Waals surface area contributed by atoms with Gasteiger partial charge in [-0.15, -0.1) is 5.92 Å². The van der Waals surface area contributed by atoms with Crippen molar-refractivity contribution in [2.75, 3.05) is 0 Å². The zero-order chi connectivity index (χ0) is 4.12. The van der Waals surface area contributed by atoms with E-state index in [9.17, 15) is 0 Å². The van der Waals surface area contributed by atoms with Crippen LogP contribution in [0.15, 0.2) is 0 Å². The molecule has 0 atom stereocenters. The molecule has 0 fully saturated rings. The van der Waals surface area contributed by atoms with Gasteiger partial charge in [0.05, 0.1) is 0 Å². The summed E-state index contributed by atoms with van der Waals surface area (Å²) in [5, 5.41) is 0. The van der Waals surface area contributed by atoms with E-state index in [1.54, 1.807) is 0 Å². The van der Waals surface area contributed by atoms with E-state index >= 15 is 0 Å². The Morgan fingerprint density at radius 2 is 2.20 bits per heavy atom. The molecule has 0 aromatic rings. The van der Waals surface area contributed by atoms with Crippen molar-refractivity contribution in [2.45, 2.75) is 13.7 Å². The highest BCUT2D eigenvalue weighted by Gasteiger charge is 1.55. The number of hydrogen-bond acceptors (Lipinski definition) is 0. The molecule has 0 heterocycles. The molecular formula is C4H6B. The predicted molar refractivity (Wildman–Crippen MR) is 25.1 cm³/mol. The summed E-state index contributed by atoms with van der Waals surface area (Å²) in [5.74, 6) is 5.45. The van der Waals surface area contributed by atoms with Crippen molar-refractivity contribution >= 4 is 7.28 Å². The molecule has 0 aliphatic carbocycles. The molecule has 0 rings (SSSR count). The fraction of sp³-hybridized carbons (Fsp3) is 0.500. The van der Waals surface area contributed by atoms with E-state index in [0.29, 0.717) is 0 Å². The van der Waals surface area contributed by atoms with Crippen molar-refractivity contribution in [1.82, 2.24) is 0 Å². The van der Waals surface area contributed by atoms with Gasteiger partial charge in [-0.2, -0.15) is 5.82 Å². The minimum Gasteiger partial charge on any atom is -0.164 e. The molecule has 5 heavy (non-hydrogen) atoms. The molecule has 0 amide bonds.